The smallest absolute Gasteiger partial charge is 0.340 e. The number of aromatic amines is 2. The molecular formula is C11H13N5O4. The molecule has 1 aromatic heterocycles. The van der Waals surface area contributed by atoms with E-state index in [2.05, 4.69) is 20.5 Å². The molecule has 0 fully saturated rings. The molecule has 0 saturated heterocycles. The molecule has 0 radical (unpaired) electrons. The maximum Gasteiger partial charge on any atom is 0.340 e. The average Bonchev–Trinajstić information content (AvgIpc) is 2.84. The van der Waals surface area contributed by atoms with Crippen LogP contribution >= 0.6 is 0 Å². The van der Waals surface area contributed by atoms with Gasteiger partial charge in [0, 0.05) is 30.8 Å². The molecule has 1 aromatic carbocycles. The van der Waals surface area contributed by atoms with Gasteiger partial charge in [0.1, 0.15) is 5.82 Å². The van der Waals surface area contributed by atoms with E-state index in [1.54, 1.807) is 12.1 Å². The first-order valence-corrected chi connectivity index (χ1v) is 5.80. The van der Waals surface area contributed by atoms with E-state index in [-0.39, 0.29) is 17.1 Å². The van der Waals surface area contributed by atoms with Crippen molar-refractivity contribution in [2.24, 2.45) is 0 Å². The highest BCUT2D eigenvalue weighted by Crippen LogP contribution is 2.29. The fourth-order valence-electron chi connectivity index (χ4n) is 1.69. The number of benzene rings is 1. The summed E-state index contributed by atoms with van der Waals surface area (Å²) in [4.78, 5) is 23.6. The Hall–Kier alpha value is -2.84. The highest BCUT2D eigenvalue weighted by atomic mass is 16.6. The summed E-state index contributed by atoms with van der Waals surface area (Å²) < 4.78 is 4.97. The van der Waals surface area contributed by atoms with Crippen LogP contribution in [0.3, 0.4) is 0 Å². The highest BCUT2D eigenvalue weighted by Gasteiger charge is 2.14. The molecule has 0 aliphatic carbocycles. The molecule has 20 heavy (non-hydrogen) atoms. The van der Waals surface area contributed by atoms with Gasteiger partial charge >= 0.3 is 11.4 Å². The van der Waals surface area contributed by atoms with E-state index in [4.69, 9.17) is 4.74 Å². The third-order valence-electron chi connectivity index (χ3n) is 2.62. The molecule has 0 aliphatic rings. The van der Waals surface area contributed by atoms with E-state index >= 15 is 0 Å². The number of ether oxygens (including phenoxy) is 1. The van der Waals surface area contributed by atoms with Gasteiger partial charge in [0.25, 0.3) is 0 Å². The lowest BCUT2D eigenvalue weighted by atomic mass is 10.2. The maximum atomic E-state index is 10.8. The zero-order valence-corrected chi connectivity index (χ0v) is 10.7. The van der Waals surface area contributed by atoms with Crippen LogP contribution in [0, 0.1) is 10.1 Å². The number of nitro benzene ring substituents is 1. The summed E-state index contributed by atoms with van der Waals surface area (Å²) in [5, 5.41) is 19.9. The van der Waals surface area contributed by atoms with Crippen molar-refractivity contribution < 1.29 is 9.66 Å². The van der Waals surface area contributed by atoms with Crippen LogP contribution in [0.2, 0.25) is 0 Å². The van der Waals surface area contributed by atoms with Crippen molar-refractivity contribution >= 4 is 11.4 Å². The lowest BCUT2D eigenvalue weighted by Gasteiger charge is -2.07. The van der Waals surface area contributed by atoms with Gasteiger partial charge < -0.3 is 10.1 Å². The van der Waals surface area contributed by atoms with E-state index in [0.717, 1.165) is 0 Å². The number of anilines is 1. The van der Waals surface area contributed by atoms with Crippen LogP contribution < -0.4 is 15.7 Å². The highest BCUT2D eigenvalue weighted by molar-refractivity contribution is 5.57. The minimum absolute atomic E-state index is 0.0883. The molecule has 0 aliphatic heterocycles. The Kier molecular flexibility index (Phi) is 3.99. The van der Waals surface area contributed by atoms with Crippen LogP contribution in [0.15, 0.2) is 23.0 Å². The molecule has 0 spiro atoms. The zero-order chi connectivity index (χ0) is 14.5. The lowest BCUT2D eigenvalue weighted by Crippen LogP contribution is -2.07. The monoisotopic (exact) mass is 279 g/mol. The molecule has 1 heterocycles. The van der Waals surface area contributed by atoms with Crippen LogP contribution in [0.25, 0.3) is 0 Å². The molecule has 106 valence electrons. The van der Waals surface area contributed by atoms with E-state index in [0.29, 0.717) is 24.5 Å². The van der Waals surface area contributed by atoms with Crippen LogP contribution in [-0.4, -0.2) is 33.8 Å². The Morgan fingerprint density at radius 2 is 2.30 bits per heavy atom. The number of aromatic nitrogens is 3. The second kappa shape index (κ2) is 5.87. The van der Waals surface area contributed by atoms with Gasteiger partial charge in [0.2, 0.25) is 0 Å². The third kappa shape index (κ3) is 3.13. The molecule has 0 saturated carbocycles. The second-order valence-electron chi connectivity index (χ2n) is 3.94. The molecule has 3 N–H and O–H groups in total. The van der Waals surface area contributed by atoms with E-state index < -0.39 is 4.92 Å². The van der Waals surface area contributed by atoms with Gasteiger partial charge in [-0.15, -0.1) is 0 Å². The molecule has 9 heteroatoms. The van der Waals surface area contributed by atoms with Crippen LogP contribution in [0.5, 0.6) is 5.75 Å². The van der Waals surface area contributed by atoms with Gasteiger partial charge in [-0.05, 0) is 6.07 Å². The summed E-state index contributed by atoms with van der Waals surface area (Å²) >= 11 is 0. The topological polar surface area (TPSA) is 126 Å². The first-order chi connectivity index (χ1) is 9.60. The Labute approximate surface area is 113 Å². The molecule has 9 nitrogen and oxygen atoms in total. The summed E-state index contributed by atoms with van der Waals surface area (Å²) in [6, 6.07) is 4.51. The summed E-state index contributed by atoms with van der Waals surface area (Å²) in [7, 11) is 1.38. The van der Waals surface area contributed by atoms with Crippen LogP contribution in [0.1, 0.15) is 5.82 Å². The second-order valence-corrected chi connectivity index (χ2v) is 3.94. The Bertz CT molecular complexity index is 663. The number of hydrogen-bond donors (Lipinski definition) is 3. The van der Waals surface area contributed by atoms with Crippen molar-refractivity contribution in [1.29, 1.82) is 0 Å². The molecule has 0 amide bonds. The fourth-order valence-corrected chi connectivity index (χ4v) is 1.69. The summed E-state index contributed by atoms with van der Waals surface area (Å²) in [6.45, 7) is 0.516. The molecule has 0 unspecified atom stereocenters. The number of nitrogens with zero attached hydrogens (tertiary/aromatic N) is 2. The standard InChI is InChI=1S/C11H13N5O4/c1-20-9-6-7(2-3-8(9)16(18)19)12-5-4-10-13-11(17)15-14-10/h2-3,6,12H,4-5H2,1H3,(H2,13,14,15,17). The van der Waals surface area contributed by atoms with E-state index in [1.165, 1.54) is 13.2 Å². The van der Waals surface area contributed by atoms with Crippen molar-refractivity contribution in [3.63, 3.8) is 0 Å². The van der Waals surface area contributed by atoms with Crippen LogP contribution in [-0.2, 0) is 6.42 Å². The first kappa shape index (κ1) is 13.6. The largest absolute Gasteiger partial charge is 0.490 e. The minimum atomic E-state index is -0.503. The van der Waals surface area contributed by atoms with Crippen molar-refractivity contribution in [3.8, 4) is 5.75 Å². The quantitative estimate of drug-likeness (QED) is 0.527. The van der Waals surface area contributed by atoms with Crippen LogP contribution in [0.4, 0.5) is 11.4 Å². The minimum Gasteiger partial charge on any atom is -0.490 e. The Morgan fingerprint density at radius 1 is 1.50 bits per heavy atom. The predicted molar refractivity (Wildman–Crippen MR) is 71.1 cm³/mol. The zero-order valence-electron chi connectivity index (χ0n) is 10.7. The molecule has 2 rings (SSSR count). The van der Waals surface area contributed by atoms with Crippen molar-refractivity contribution in [1.82, 2.24) is 15.2 Å². The number of H-pyrrole nitrogens is 2. The summed E-state index contributed by atoms with van der Waals surface area (Å²) in [5.41, 5.74) is 0.247. The average molecular weight is 279 g/mol. The van der Waals surface area contributed by atoms with E-state index in [9.17, 15) is 14.9 Å². The van der Waals surface area contributed by atoms with Crippen molar-refractivity contribution in [2.75, 3.05) is 19.0 Å². The normalized spacial score (nSPS) is 10.2. The van der Waals surface area contributed by atoms with Gasteiger partial charge in [-0.2, -0.15) is 5.10 Å². The Balaban J connectivity index is 1.99. The van der Waals surface area contributed by atoms with Crippen molar-refractivity contribution in [2.45, 2.75) is 6.42 Å². The number of nitrogens with one attached hydrogen (secondary N) is 3. The maximum absolute atomic E-state index is 10.8. The van der Waals surface area contributed by atoms with Gasteiger partial charge in [0.15, 0.2) is 5.75 Å². The summed E-state index contributed by atoms with van der Waals surface area (Å²) in [5.74, 6) is 0.726. The third-order valence-corrected chi connectivity index (χ3v) is 2.62. The van der Waals surface area contributed by atoms with Crippen molar-refractivity contribution in [3.05, 3.63) is 44.6 Å². The summed E-state index contributed by atoms with van der Waals surface area (Å²) in [6.07, 6.45) is 0.512. The molecular weight excluding hydrogens is 266 g/mol. The SMILES string of the molecule is COc1cc(NCCc2n[nH]c(=O)[nH]2)ccc1[N+](=O)[O-]. The number of hydrogen-bond acceptors (Lipinski definition) is 6. The fraction of sp³-hybridized carbons (Fsp3) is 0.273. The lowest BCUT2D eigenvalue weighted by molar-refractivity contribution is -0.385. The number of methoxy groups -OCH3 is 1. The van der Waals surface area contributed by atoms with Gasteiger partial charge in [0.05, 0.1) is 12.0 Å². The predicted octanol–water partition coefficient (Wildman–Crippen LogP) is 0.669. The number of nitro groups is 1. The van der Waals surface area contributed by atoms with Gasteiger partial charge in [-0.3, -0.25) is 15.1 Å². The molecule has 0 bridgehead atoms. The first-order valence-electron chi connectivity index (χ1n) is 5.80. The van der Waals surface area contributed by atoms with E-state index in [1.807, 2.05) is 0 Å². The van der Waals surface area contributed by atoms with Gasteiger partial charge in [-0.25, -0.2) is 9.89 Å². The Morgan fingerprint density at radius 3 is 2.90 bits per heavy atom. The molecule has 2 aromatic rings. The molecule has 0 atom stereocenters. The number of rotatable bonds is 6. The van der Waals surface area contributed by atoms with Gasteiger partial charge in [-0.1, -0.05) is 0 Å².